The van der Waals surface area contributed by atoms with Crippen LogP contribution in [0.15, 0.2) is 12.3 Å². The molecule has 3 nitrogen and oxygen atoms in total. The molecule has 1 aromatic heterocycles. The predicted molar refractivity (Wildman–Crippen MR) is 47.3 cm³/mol. The number of ether oxygens (including phenoxy) is 1. The Balaban J connectivity index is 2.96. The monoisotopic (exact) mass is 166 g/mol. The Kier molecular flexibility index (Phi) is 3.02. The van der Waals surface area contributed by atoms with Gasteiger partial charge in [-0.15, -0.1) is 5.10 Å². The van der Waals surface area contributed by atoms with Crippen molar-refractivity contribution in [1.82, 2.24) is 10.2 Å². The van der Waals surface area contributed by atoms with Crippen molar-refractivity contribution in [2.24, 2.45) is 0 Å². The quantitative estimate of drug-likeness (QED) is 0.688. The topological polar surface area (TPSA) is 35.0 Å². The highest BCUT2D eigenvalue weighted by atomic mass is 16.5. The zero-order valence-corrected chi connectivity index (χ0v) is 7.74. The molecule has 0 saturated heterocycles. The van der Waals surface area contributed by atoms with E-state index in [1.54, 1.807) is 13.3 Å². The molecular formula is C9H14N2O. The molecule has 0 aliphatic rings. The van der Waals surface area contributed by atoms with E-state index in [1.807, 2.05) is 6.07 Å². The second-order valence-electron chi connectivity index (χ2n) is 2.81. The number of rotatable bonds is 3. The van der Waals surface area contributed by atoms with Gasteiger partial charge < -0.3 is 4.74 Å². The maximum absolute atomic E-state index is 5.09. The molecule has 0 amide bonds. The van der Waals surface area contributed by atoms with E-state index in [9.17, 15) is 0 Å². The first kappa shape index (κ1) is 8.97. The first-order chi connectivity index (χ1) is 5.79. The van der Waals surface area contributed by atoms with E-state index < -0.39 is 0 Å². The summed E-state index contributed by atoms with van der Waals surface area (Å²) in [4.78, 5) is 0. The summed E-state index contributed by atoms with van der Waals surface area (Å²) in [5.41, 5.74) is 1.13. The van der Waals surface area contributed by atoms with E-state index in [-0.39, 0.29) is 0 Å². The van der Waals surface area contributed by atoms with Crippen LogP contribution in [-0.4, -0.2) is 17.3 Å². The lowest BCUT2D eigenvalue weighted by Gasteiger charge is -2.10. The van der Waals surface area contributed by atoms with Gasteiger partial charge >= 0.3 is 0 Å². The molecule has 1 rings (SSSR count). The number of nitrogens with zero attached hydrogens (tertiary/aromatic N) is 2. The maximum atomic E-state index is 5.09. The van der Waals surface area contributed by atoms with E-state index in [2.05, 4.69) is 24.0 Å². The van der Waals surface area contributed by atoms with Gasteiger partial charge in [0.15, 0.2) is 0 Å². The zero-order valence-electron chi connectivity index (χ0n) is 7.74. The Hall–Kier alpha value is -1.12. The van der Waals surface area contributed by atoms with Crippen LogP contribution < -0.4 is 4.74 Å². The van der Waals surface area contributed by atoms with Gasteiger partial charge in [-0.2, -0.15) is 5.10 Å². The van der Waals surface area contributed by atoms with Crippen LogP contribution in [0.3, 0.4) is 0 Å². The Morgan fingerprint density at radius 3 is 2.92 bits per heavy atom. The molecule has 0 radical (unpaired) electrons. The van der Waals surface area contributed by atoms with Crippen molar-refractivity contribution in [3.8, 4) is 5.88 Å². The number of aromatic nitrogens is 2. The molecule has 12 heavy (non-hydrogen) atoms. The van der Waals surface area contributed by atoms with Gasteiger partial charge in [-0.05, 0) is 18.4 Å². The Morgan fingerprint density at radius 1 is 1.58 bits per heavy atom. The van der Waals surface area contributed by atoms with Crippen molar-refractivity contribution in [1.29, 1.82) is 0 Å². The van der Waals surface area contributed by atoms with Crippen LogP contribution in [0.5, 0.6) is 5.88 Å². The summed E-state index contributed by atoms with van der Waals surface area (Å²) >= 11 is 0. The molecule has 0 aliphatic carbocycles. The number of methoxy groups -OCH3 is 1. The van der Waals surface area contributed by atoms with Gasteiger partial charge in [0.05, 0.1) is 13.3 Å². The molecule has 0 spiro atoms. The molecule has 0 aliphatic heterocycles. The number of hydrogen-bond acceptors (Lipinski definition) is 3. The molecule has 0 fully saturated rings. The average molecular weight is 166 g/mol. The first-order valence-corrected chi connectivity index (χ1v) is 4.15. The van der Waals surface area contributed by atoms with Crippen molar-refractivity contribution in [2.75, 3.05) is 7.11 Å². The van der Waals surface area contributed by atoms with Crippen LogP contribution >= 0.6 is 0 Å². The minimum atomic E-state index is 0.482. The smallest absolute Gasteiger partial charge is 0.236 e. The van der Waals surface area contributed by atoms with Crippen molar-refractivity contribution >= 4 is 0 Å². The molecule has 1 unspecified atom stereocenters. The fourth-order valence-corrected chi connectivity index (χ4v) is 1.08. The van der Waals surface area contributed by atoms with Crippen LogP contribution in [0.25, 0.3) is 0 Å². The van der Waals surface area contributed by atoms with Gasteiger partial charge in [-0.1, -0.05) is 13.8 Å². The normalized spacial score (nSPS) is 12.6. The molecule has 0 aromatic carbocycles. The molecule has 66 valence electrons. The molecule has 1 aromatic rings. The van der Waals surface area contributed by atoms with Crippen LogP contribution in [0, 0.1) is 0 Å². The highest BCUT2D eigenvalue weighted by Gasteiger charge is 2.09. The van der Waals surface area contributed by atoms with Gasteiger partial charge in [0.2, 0.25) is 5.88 Å². The summed E-state index contributed by atoms with van der Waals surface area (Å²) in [6.07, 6.45) is 2.78. The summed E-state index contributed by atoms with van der Waals surface area (Å²) < 4.78 is 5.09. The maximum Gasteiger partial charge on any atom is 0.236 e. The van der Waals surface area contributed by atoms with Gasteiger partial charge in [0, 0.05) is 5.56 Å². The van der Waals surface area contributed by atoms with Crippen molar-refractivity contribution in [3.05, 3.63) is 17.8 Å². The Labute approximate surface area is 72.8 Å². The fraction of sp³-hybridized carbons (Fsp3) is 0.556. The average Bonchev–Trinajstić information content (AvgIpc) is 2.16. The molecule has 0 N–H and O–H groups in total. The lowest BCUT2D eigenvalue weighted by Crippen LogP contribution is -1.99. The standard InChI is InChI=1S/C9H14N2O/c1-4-7(2)8-5-6-10-11-9(8)12-3/h5-7H,4H2,1-3H3. The van der Waals surface area contributed by atoms with Gasteiger partial charge in [-0.25, -0.2) is 0 Å². The first-order valence-electron chi connectivity index (χ1n) is 4.15. The highest BCUT2D eigenvalue weighted by molar-refractivity contribution is 5.26. The van der Waals surface area contributed by atoms with Crippen molar-refractivity contribution in [2.45, 2.75) is 26.2 Å². The second-order valence-corrected chi connectivity index (χ2v) is 2.81. The second kappa shape index (κ2) is 4.04. The van der Waals surface area contributed by atoms with Crippen LogP contribution in [0.2, 0.25) is 0 Å². The summed E-state index contributed by atoms with van der Waals surface area (Å²) in [6, 6.07) is 1.96. The molecule has 0 bridgehead atoms. The molecule has 1 heterocycles. The van der Waals surface area contributed by atoms with E-state index in [4.69, 9.17) is 4.74 Å². The van der Waals surface area contributed by atoms with Crippen LogP contribution in [0.1, 0.15) is 31.7 Å². The predicted octanol–water partition coefficient (Wildman–Crippen LogP) is 2.00. The third-order valence-electron chi connectivity index (χ3n) is 2.05. The lowest BCUT2D eigenvalue weighted by molar-refractivity contribution is 0.382. The fourth-order valence-electron chi connectivity index (χ4n) is 1.08. The minimum Gasteiger partial charge on any atom is -0.480 e. The zero-order chi connectivity index (χ0) is 8.97. The summed E-state index contributed by atoms with van der Waals surface area (Å²) in [5.74, 6) is 1.13. The number of hydrogen-bond donors (Lipinski definition) is 0. The van der Waals surface area contributed by atoms with E-state index in [0.717, 1.165) is 12.0 Å². The Bertz CT molecular complexity index is 250. The van der Waals surface area contributed by atoms with Crippen molar-refractivity contribution < 1.29 is 4.74 Å². The Morgan fingerprint density at radius 2 is 2.33 bits per heavy atom. The molecule has 3 heteroatoms. The van der Waals surface area contributed by atoms with E-state index in [0.29, 0.717) is 11.8 Å². The van der Waals surface area contributed by atoms with Gasteiger partial charge in [0.1, 0.15) is 0 Å². The molecular weight excluding hydrogens is 152 g/mol. The van der Waals surface area contributed by atoms with Crippen molar-refractivity contribution in [3.63, 3.8) is 0 Å². The largest absolute Gasteiger partial charge is 0.480 e. The lowest BCUT2D eigenvalue weighted by atomic mass is 10.0. The molecule has 1 atom stereocenters. The SMILES string of the molecule is CCC(C)c1ccnnc1OC. The summed E-state index contributed by atoms with van der Waals surface area (Å²) in [7, 11) is 1.62. The highest BCUT2D eigenvalue weighted by Crippen LogP contribution is 2.24. The summed E-state index contributed by atoms with van der Waals surface area (Å²) in [6.45, 7) is 4.30. The van der Waals surface area contributed by atoms with E-state index in [1.165, 1.54) is 0 Å². The van der Waals surface area contributed by atoms with Crippen LogP contribution in [-0.2, 0) is 0 Å². The minimum absolute atomic E-state index is 0.482. The van der Waals surface area contributed by atoms with Gasteiger partial charge in [0.25, 0.3) is 0 Å². The molecule has 0 saturated carbocycles. The third-order valence-corrected chi connectivity index (χ3v) is 2.05. The third kappa shape index (κ3) is 1.72. The van der Waals surface area contributed by atoms with Gasteiger partial charge in [-0.3, -0.25) is 0 Å². The van der Waals surface area contributed by atoms with E-state index >= 15 is 0 Å². The van der Waals surface area contributed by atoms with Crippen LogP contribution in [0.4, 0.5) is 0 Å². The summed E-state index contributed by atoms with van der Waals surface area (Å²) in [5, 5.41) is 7.65.